The van der Waals surface area contributed by atoms with Gasteiger partial charge in [-0.2, -0.15) is 0 Å². The molecule has 0 unspecified atom stereocenters. The highest BCUT2D eigenvalue weighted by atomic mass is 16.2. The van der Waals surface area contributed by atoms with Crippen molar-refractivity contribution in [3.8, 4) is 0 Å². The van der Waals surface area contributed by atoms with Crippen LogP contribution in [0.15, 0.2) is 18.2 Å². The number of aryl methyl sites for hydroxylation is 2. The Balaban J connectivity index is 1.87. The third-order valence-corrected chi connectivity index (χ3v) is 4.86. The van der Waals surface area contributed by atoms with E-state index in [2.05, 4.69) is 31.3 Å². The molecule has 1 N–H and O–H groups in total. The molecule has 1 aliphatic carbocycles. The third-order valence-electron chi connectivity index (χ3n) is 4.86. The minimum Gasteiger partial charge on any atom is -0.340 e. The fraction of sp³-hybridized carbons (Fsp3) is 0.529. The molecule has 2 fully saturated rings. The zero-order valence-electron chi connectivity index (χ0n) is 12.7. The van der Waals surface area contributed by atoms with Gasteiger partial charge >= 0.3 is 0 Å². The largest absolute Gasteiger partial charge is 0.340 e. The molecule has 1 heterocycles. The van der Waals surface area contributed by atoms with Gasteiger partial charge in [0, 0.05) is 6.54 Å². The van der Waals surface area contributed by atoms with Crippen molar-refractivity contribution in [1.29, 1.82) is 0 Å². The molecule has 0 aromatic heterocycles. The lowest BCUT2D eigenvalue weighted by Gasteiger charge is -2.40. The maximum atomic E-state index is 12.8. The molecule has 21 heavy (non-hydrogen) atoms. The van der Waals surface area contributed by atoms with E-state index in [9.17, 15) is 9.59 Å². The summed E-state index contributed by atoms with van der Waals surface area (Å²) < 4.78 is 0. The number of piperazine rings is 1. The van der Waals surface area contributed by atoms with Crippen molar-refractivity contribution in [3.63, 3.8) is 0 Å². The zero-order chi connectivity index (χ0) is 15.0. The number of carbonyl (C=O) groups is 2. The molecule has 2 aliphatic rings. The Kier molecular flexibility index (Phi) is 3.47. The second-order valence-corrected chi connectivity index (χ2v) is 6.37. The molecule has 0 bridgehead atoms. The summed E-state index contributed by atoms with van der Waals surface area (Å²) in [6.07, 6.45) is 3.59. The van der Waals surface area contributed by atoms with Gasteiger partial charge in [-0.15, -0.1) is 0 Å². The summed E-state index contributed by atoms with van der Waals surface area (Å²) in [5, 5.41) is 2.96. The molecule has 1 aromatic rings. The van der Waals surface area contributed by atoms with Crippen molar-refractivity contribution >= 4 is 11.8 Å². The molecule has 3 rings (SSSR count). The Labute approximate surface area is 125 Å². The highest BCUT2D eigenvalue weighted by molar-refractivity contribution is 5.98. The van der Waals surface area contributed by atoms with E-state index < -0.39 is 5.54 Å². The number of hydrogen-bond donors (Lipinski definition) is 1. The van der Waals surface area contributed by atoms with Crippen LogP contribution in [0.4, 0.5) is 0 Å². The van der Waals surface area contributed by atoms with Crippen LogP contribution < -0.4 is 5.32 Å². The van der Waals surface area contributed by atoms with Gasteiger partial charge in [0.05, 0.1) is 6.54 Å². The van der Waals surface area contributed by atoms with Gasteiger partial charge in [0.1, 0.15) is 5.54 Å². The summed E-state index contributed by atoms with van der Waals surface area (Å²) in [5.41, 5.74) is 2.89. The van der Waals surface area contributed by atoms with Crippen molar-refractivity contribution in [2.24, 2.45) is 0 Å². The molecule has 1 saturated carbocycles. The minimum atomic E-state index is -0.619. The molecular weight excluding hydrogens is 264 g/mol. The van der Waals surface area contributed by atoms with Crippen molar-refractivity contribution in [3.05, 3.63) is 34.9 Å². The Morgan fingerprint density at radius 2 is 1.76 bits per heavy atom. The Hall–Kier alpha value is -1.84. The monoisotopic (exact) mass is 286 g/mol. The molecule has 1 aliphatic heterocycles. The van der Waals surface area contributed by atoms with E-state index >= 15 is 0 Å². The SMILES string of the molecule is Cc1cccc(C)c1CN1CC(=O)NC2(CCCC2)C1=O. The molecule has 0 radical (unpaired) electrons. The van der Waals surface area contributed by atoms with E-state index in [1.807, 2.05) is 6.07 Å². The molecule has 0 atom stereocenters. The van der Waals surface area contributed by atoms with Crippen LogP contribution in [0.1, 0.15) is 42.4 Å². The molecule has 4 nitrogen and oxygen atoms in total. The van der Waals surface area contributed by atoms with E-state index in [1.165, 1.54) is 11.1 Å². The lowest BCUT2D eigenvalue weighted by Crippen LogP contribution is -2.65. The quantitative estimate of drug-likeness (QED) is 0.905. The number of rotatable bonds is 2. The Bertz CT molecular complexity index is 568. The number of benzene rings is 1. The molecular formula is C17H22N2O2. The predicted octanol–water partition coefficient (Wildman–Crippen LogP) is 2.07. The van der Waals surface area contributed by atoms with Crippen LogP contribution >= 0.6 is 0 Å². The highest BCUT2D eigenvalue weighted by Gasteiger charge is 2.48. The third kappa shape index (κ3) is 2.43. The Morgan fingerprint density at radius 1 is 1.14 bits per heavy atom. The van der Waals surface area contributed by atoms with Crippen LogP contribution in [0.25, 0.3) is 0 Å². The van der Waals surface area contributed by atoms with Crippen LogP contribution in [0.5, 0.6) is 0 Å². The van der Waals surface area contributed by atoms with Crippen LogP contribution in [0, 0.1) is 13.8 Å². The Morgan fingerprint density at radius 3 is 2.38 bits per heavy atom. The predicted molar refractivity (Wildman–Crippen MR) is 80.7 cm³/mol. The summed E-state index contributed by atoms with van der Waals surface area (Å²) in [6.45, 7) is 4.82. The topological polar surface area (TPSA) is 49.4 Å². The first kappa shape index (κ1) is 14.1. The number of carbonyl (C=O) groups excluding carboxylic acids is 2. The van der Waals surface area contributed by atoms with Gasteiger partial charge in [-0.3, -0.25) is 9.59 Å². The van der Waals surface area contributed by atoms with E-state index in [1.54, 1.807) is 4.90 Å². The molecule has 4 heteroatoms. The van der Waals surface area contributed by atoms with Crippen molar-refractivity contribution in [1.82, 2.24) is 10.2 Å². The van der Waals surface area contributed by atoms with Crippen molar-refractivity contribution < 1.29 is 9.59 Å². The van der Waals surface area contributed by atoms with Gasteiger partial charge in [-0.25, -0.2) is 0 Å². The van der Waals surface area contributed by atoms with Crippen LogP contribution in [-0.4, -0.2) is 28.8 Å². The second kappa shape index (κ2) is 5.17. The van der Waals surface area contributed by atoms with Gasteiger partial charge in [-0.1, -0.05) is 31.0 Å². The first-order valence-electron chi connectivity index (χ1n) is 7.67. The first-order chi connectivity index (χ1) is 10.0. The van der Waals surface area contributed by atoms with Gasteiger partial charge in [-0.05, 0) is 43.4 Å². The first-order valence-corrected chi connectivity index (χ1v) is 7.67. The molecule has 1 spiro atoms. The highest BCUT2D eigenvalue weighted by Crippen LogP contribution is 2.34. The van der Waals surface area contributed by atoms with Crippen LogP contribution in [0.2, 0.25) is 0 Å². The van der Waals surface area contributed by atoms with E-state index in [0.29, 0.717) is 6.54 Å². The van der Waals surface area contributed by atoms with Crippen LogP contribution in [-0.2, 0) is 16.1 Å². The average molecular weight is 286 g/mol. The van der Waals surface area contributed by atoms with Gasteiger partial charge in [0.2, 0.25) is 11.8 Å². The van der Waals surface area contributed by atoms with Gasteiger partial charge < -0.3 is 10.2 Å². The summed E-state index contributed by atoms with van der Waals surface area (Å²) in [6, 6.07) is 6.14. The van der Waals surface area contributed by atoms with Crippen LogP contribution in [0.3, 0.4) is 0 Å². The number of nitrogens with zero attached hydrogens (tertiary/aromatic N) is 1. The average Bonchev–Trinajstić information content (AvgIpc) is 2.89. The maximum absolute atomic E-state index is 12.8. The fourth-order valence-corrected chi connectivity index (χ4v) is 3.64. The van der Waals surface area contributed by atoms with Gasteiger partial charge in [0.25, 0.3) is 0 Å². The minimum absolute atomic E-state index is 0.0252. The second-order valence-electron chi connectivity index (χ2n) is 6.37. The van der Waals surface area contributed by atoms with E-state index in [0.717, 1.165) is 31.2 Å². The number of hydrogen-bond acceptors (Lipinski definition) is 2. The fourth-order valence-electron chi connectivity index (χ4n) is 3.64. The standard InChI is InChI=1S/C17H22N2O2/c1-12-6-5-7-13(2)14(12)10-19-11-15(20)18-17(16(19)21)8-3-4-9-17/h5-7H,3-4,8-11H2,1-2H3,(H,18,20). The number of amides is 2. The summed E-state index contributed by atoms with van der Waals surface area (Å²) in [4.78, 5) is 26.6. The van der Waals surface area contributed by atoms with Crippen molar-refractivity contribution in [2.45, 2.75) is 51.6 Å². The molecule has 112 valence electrons. The lowest BCUT2D eigenvalue weighted by molar-refractivity contribution is -0.150. The molecule has 1 aromatic carbocycles. The summed E-state index contributed by atoms with van der Waals surface area (Å²) in [5.74, 6) is 0.0741. The summed E-state index contributed by atoms with van der Waals surface area (Å²) in [7, 11) is 0. The molecule has 2 amide bonds. The number of nitrogens with one attached hydrogen (secondary N) is 1. The summed E-state index contributed by atoms with van der Waals surface area (Å²) >= 11 is 0. The maximum Gasteiger partial charge on any atom is 0.249 e. The van der Waals surface area contributed by atoms with Crippen molar-refractivity contribution in [2.75, 3.05) is 6.54 Å². The smallest absolute Gasteiger partial charge is 0.249 e. The van der Waals surface area contributed by atoms with Gasteiger partial charge in [0.15, 0.2) is 0 Å². The van der Waals surface area contributed by atoms with E-state index in [-0.39, 0.29) is 18.4 Å². The normalized spacial score (nSPS) is 21.0. The molecule has 1 saturated heterocycles. The van der Waals surface area contributed by atoms with E-state index in [4.69, 9.17) is 0 Å². The zero-order valence-corrected chi connectivity index (χ0v) is 12.7. The lowest BCUT2D eigenvalue weighted by atomic mass is 9.92.